The van der Waals surface area contributed by atoms with E-state index in [1.807, 2.05) is 0 Å². The summed E-state index contributed by atoms with van der Waals surface area (Å²) in [5, 5.41) is 9.17. The van der Waals surface area contributed by atoms with Gasteiger partial charge in [-0.3, -0.25) is 0 Å². The van der Waals surface area contributed by atoms with Crippen LogP contribution in [0.25, 0.3) is 0 Å². The first-order valence-corrected chi connectivity index (χ1v) is 5.65. The molecule has 0 aliphatic heterocycles. The van der Waals surface area contributed by atoms with Crippen molar-refractivity contribution in [2.24, 2.45) is 0 Å². The molecule has 1 aromatic carbocycles. The van der Waals surface area contributed by atoms with E-state index in [9.17, 15) is 4.79 Å². The van der Waals surface area contributed by atoms with E-state index in [4.69, 9.17) is 32.6 Å². The first kappa shape index (κ1) is 14.5. The maximum absolute atomic E-state index is 11.7. The highest BCUT2D eigenvalue weighted by molar-refractivity contribution is 6.30. The number of hydrogen-bond acceptors (Lipinski definition) is 4. The van der Waals surface area contributed by atoms with E-state index in [0.29, 0.717) is 10.6 Å². The fourth-order valence-corrected chi connectivity index (χ4v) is 1.42. The molecule has 5 heteroatoms. The molecule has 0 saturated heterocycles. The number of rotatable bonds is 6. The topological polar surface area (TPSA) is 55.8 Å². The van der Waals surface area contributed by atoms with Crippen LogP contribution in [-0.2, 0) is 14.3 Å². The SMILES string of the molecule is C#CCOC(C(=O)OCCO)c1ccc(Cl)cc1. The van der Waals surface area contributed by atoms with Crippen LogP contribution in [0.5, 0.6) is 0 Å². The Bertz CT molecular complexity index is 422. The number of carbonyl (C=O) groups excluding carboxylic acids is 1. The number of esters is 1. The molecular weight excluding hydrogens is 256 g/mol. The molecule has 0 spiro atoms. The quantitative estimate of drug-likeness (QED) is 0.628. The minimum atomic E-state index is -0.912. The maximum atomic E-state index is 11.7. The van der Waals surface area contributed by atoms with Crippen molar-refractivity contribution in [2.45, 2.75) is 6.10 Å². The van der Waals surface area contributed by atoms with Gasteiger partial charge in [-0.1, -0.05) is 29.7 Å². The first-order chi connectivity index (χ1) is 8.69. The van der Waals surface area contributed by atoms with Crippen LogP contribution in [0.1, 0.15) is 11.7 Å². The number of benzene rings is 1. The van der Waals surface area contributed by atoms with Crippen LogP contribution < -0.4 is 0 Å². The van der Waals surface area contributed by atoms with Gasteiger partial charge in [0.1, 0.15) is 13.2 Å². The number of halogens is 1. The van der Waals surface area contributed by atoms with E-state index >= 15 is 0 Å². The Labute approximate surface area is 110 Å². The Morgan fingerprint density at radius 1 is 1.44 bits per heavy atom. The molecule has 1 atom stereocenters. The first-order valence-electron chi connectivity index (χ1n) is 5.27. The smallest absolute Gasteiger partial charge is 0.340 e. The molecule has 0 amide bonds. The monoisotopic (exact) mass is 268 g/mol. The van der Waals surface area contributed by atoms with Gasteiger partial charge < -0.3 is 14.6 Å². The van der Waals surface area contributed by atoms with Crippen molar-refractivity contribution in [3.8, 4) is 12.3 Å². The molecule has 0 radical (unpaired) electrons. The van der Waals surface area contributed by atoms with Crippen LogP contribution >= 0.6 is 11.6 Å². The fraction of sp³-hybridized carbons (Fsp3) is 0.308. The van der Waals surface area contributed by atoms with Crippen LogP contribution in [0, 0.1) is 12.3 Å². The van der Waals surface area contributed by atoms with Gasteiger partial charge in [0.05, 0.1) is 6.61 Å². The Morgan fingerprint density at radius 2 is 2.11 bits per heavy atom. The van der Waals surface area contributed by atoms with Gasteiger partial charge in [-0.05, 0) is 17.7 Å². The Kier molecular flexibility index (Phi) is 6.23. The van der Waals surface area contributed by atoms with Gasteiger partial charge in [0, 0.05) is 5.02 Å². The van der Waals surface area contributed by atoms with Crippen LogP contribution in [0.15, 0.2) is 24.3 Å². The summed E-state index contributed by atoms with van der Waals surface area (Å²) in [6, 6.07) is 6.60. The number of aliphatic hydroxyl groups is 1. The van der Waals surface area contributed by atoms with Crippen molar-refractivity contribution in [3.05, 3.63) is 34.9 Å². The molecule has 1 unspecified atom stereocenters. The number of hydrogen-bond donors (Lipinski definition) is 1. The average molecular weight is 269 g/mol. The van der Waals surface area contributed by atoms with E-state index in [1.54, 1.807) is 24.3 Å². The lowest BCUT2D eigenvalue weighted by Crippen LogP contribution is -2.20. The molecule has 0 fully saturated rings. The summed E-state index contributed by atoms with van der Waals surface area (Å²) >= 11 is 5.76. The second kappa shape index (κ2) is 7.72. The van der Waals surface area contributed by atoms with Gasteiger partial charge >= 0.3 is 5.97 Å². The average Bonchev–Trinajstić information content (AvgIpc) is 2.38. The highest BCUT2D eigenvalue weighted by atomic mass is 35.5. The van der Waals surface area contributed by atoms with E-state index in [2.05, 4.69) is 5.92 Å². The molecule has 18 heavy (non-hydrogen) atoms. The molecule has 1 rings (SSSR count). The van der Waals surface area contributed by atoms with E-state index in [1.165, 1.54) is 0 Å². The van der Waals surface area contributed by atoms with Crippen LogP contribution in [0.4, 0.5) is 0 Å². The van der Waals surface area contributed by atoms with Gasteiger partial charge in [-0.25, -0.2) is 4.79 Å². The summed E-state index contributed by atoms with van der Waals surface area (Å²) in [5.74, 6) is 1.69. The Balaban J connectivity index is 2.80. The fourth-order valence-electron chi connectivity index (χ4n) is 1.29. The Hall–Kier alpha value is -1.54. The van der Waals surface area contributed by atoms with Crippen molar-refractivity contribution < 1.29 is 19.4 Å². The molecule has 0 heterocycles. The molecule has 1 N–H and O–H groups in total. The zero-order chi connectivity index (χ0) is 13.4. The molecule has 0 saturated carbocycles. The lowest BCUT2D eigenvalue weighted by Gasteiger charge is -2.15. The van der Waals surface area contributed by atoms with Gasteiger partial charge in [0.25, 0.3) is 0 Å². The standard InChI is InChI=1S/C13H13ClO4/c1-2-8-17-12(13(16)18-9-7-15)10-3-5-11(14)6-4-10/h1,3-6,12,15H,7-9H2. The second-order valence-corrected chi connectivity index (χ2v) is 3.77. The third-order valence-electron chi connectivity index (χ3n) is 2.06. The van der Waals surface area contributed by atoms with E-state index in [0.717, 1.165) is 0 Å². The summed E-state index contributed by atoms with van der Waals surface area (Å²) < 4.78 is 10.1. The van der Waals surface area contributed by atoms with Gasteiger partial charge in [-0.15, -0.1) is 6.42 Å². The molecule has 96 valence electrons. The van der Waals surface area contributed by atoms with E-state index in [-0.39, 0.29) is 19.8 Å². The zero-order valence-electron chi connectivity index (χ0n) is 9.64. The van der Waals surface area contributed by atoms with E-state index < -0.39 is 12.1 Å². The third kappa shape index (κ3) is 4.38. The van der Waals surface area contributed by atoms with Crippen LogP contribution in [-0.4, -0.2) is 30.9 Å². The predicted octanol–water partition coefficient (Wildman–Crippen LogP) is 1.57. The number of ether oxygens (including phenoxy) is 2. The number of terminal acetylenes is 1. The highest BCUT2D eigenvalue weighted by Crippen LogP contribution is 2.21. The second-order valence-electron chi connectivity index (χ2n) is 3.34. The summed E-state index contributed by atoms with van der Waals surface area (Å²) in [5.41, 5.74) is 0.595. The summed E-state index contributed by atoms with van der Waals surface area (Å²) in [7, 11) is 0. The zero-order valence-corrected chi connectivity index (χ0v) is 10.4. The van der Waals surface area contributed by atoms with Crippen molar-refractivity contribution in [1.29, 1.82) is 0 Å². The predicted molar refractivity (Wildman–Crippen MR) is 67.0 cm³/mol. The molecule has 0 aliphatic carbocycles. The maximum Gasteiger partial charge on any atom is 0.340 e. The van der Waals surface area contributed by atoms with Gasteiger partial charge in [0.2, 0.25) is 0 Å². The Morgan fingerprint density at radius 3 is 2.67 bits per heavy atom. The van der Waals surface area contributed by atoms with Crippen molar-refractivity contribution in [1.82, 2.24) is 0 Å². The van der Waals surface area contributed by atoms with Gasteiger partial charge in [-0.2, -0.15) is 0 Å². The van der Waals surface area contributed by atoms with Crippen molar-refractivity contribution in [3.63, 3.8) is 0 Å². The van der Waals surface area contributed by atoms with Crippen molar-refractivity contribution in [2.75, 3.05) is 19.8 Å². The summed E-state index contributed by atoms with van der Waals surface area (Å²) in [6.07, 6.45) is 4.18. The lowest BCUT2D eigenvalue weighted by atomic mass is 10.1. The van der Waals surface area contributed by atoms with Gasteiger partial charge in [0.15, 0.2) is 6.10 Å². The normalized spacial score (nSPS) is 11.6. The van der Waals surface area contributed by atoms with Crippen molar-refractivity contribution >= 4 is 17.6 Å². The molecule has 1 aromatic rings. The third-order valence-corrected chi connectivity index (χ3v) is 2.31. The molecule has 0 bridgehead atoms. The number of carbonyl (C=O) groups is 1. The molecular formula is C13H13ClO4. The minimum Gasteiger partial charge on any atom is -0.461 e. The highest BCUT2D eigenvalue weighted by Gasteiger charge is 2.22. The molecule has 4 nitrogen and oxygen atoms in total. The minimum absolute atomic E-state index is 0.0124. The molecule has 0 aromatic heterocycles. The summed E-state index contributed by atoms with van der Waals surface area (Å²) in [4.78, 5) is 11.7. The summed E-state index contributed by atoms with van der Waals surface area (Å²) in [6.45, 7) is -0.335. The van der Waals surface area contributed by atoms with Crippen LogP contribution in [0.3, 0.4) is 0 Å². The molecule has 0 aliphatic rings. The largest absolute Gasteiger partial charge is 0.461 e. The van der Waals surface area contributed by atoms with Crippen LogP contribution in [0.2, 0.25) is 5.02 Å². The number of aliphatic hydroxyl groups excluding tert-OH is 1. The lowest BCUT2D eigenvalue weighted by molar-refractivity contribution is -0.157.